The van der Waals surface area contributed by atoms with Crippen molar-refractivity contribution in [3.8, 4) is 0 Å². The van der Waals surface area contributed by atoms with Crippen LogP contribution in [0.5, 0.6) is 0 Å². The third-order valence-corrected chi connectivity index (χ3v) is 2.94. The lowest BCUT2D eigenvalue weighted by atomic mass is 9.95. The fraction of sp³-hybridized carbons (Fsp3) is 0.214. The van der Waals surface area contributed by atoms with Crippen LogP contribution < -0.4 is 10.8 Å². The molecule has 0 fully saturated rings. The molecule has 20 heavy (non-hydrogen) atoms. The third-order valence-electron chi connectivity index (χ3n) is 2.94. The molecule has 2 aromatic rings. The van der Waals surface area contributed by atoms with Crippen LogP contribution in [0.1, 0.15) is 29.8 Å². The second kappa shape index (κ2) is 5.66. The van der Waals surface area contributed by atoms with E-state index in [4.69, 9.17) is 5.21 Å². The first kappa shape index (κ1) is 14.0. The molecule has 0 bridgehead atoms. The topological polar surface area (TPSA) is 87.1 Å². The Morgan fingerprint density at radius 3 is 2.30 bits per heavy atom. The minimum Gasteiger partial charge on any atom is -0.345 e. The largest absolute Gasteiger partial charge is 0.345 e. The zero-order chi connectivity index (χ0) is 14.6. The van der Waals surface area contributed by atoms with E-state index < -0.39 is 5.91 Å². The van der Waals surface area contributed by atoms with Gasteiger partial charge in [0.1, 0.15) is 0 Å². The summed E-state index contributed by atoms with van der Waals surface area (Å²) < 4.78 is 0. The van der Waals surface area contributed by atoms with Crippen LogP contribution in [0.15, 0.2) is 42.7 Å². The number of rotatable bonds is 4. The molecule has 0 saturated heterocycles. The lowest BCUT2D eigenvalue weighted by Gasteiger charge is -2.26. The molecule has 0 aliphatic carbocycles. The summed E-state index contributed by atoms with van der Waals surface area (Å²) in [5.74, 6) is -0.229. The molecule has 0 unspecified atom stereocenters. The van der Waals surface area contributed by atoms with Crippen LogP contribution in [-0.4, -0.2) is 21.1 Å². The smallest absolute Gasteiger partial charge is 0.277 e. The van der Waals surface area contributed by atoms with Gasteiger partial charge in [-0.3, -0.25) is 10.0 Å². The van der Waals surface area contributed by atoms with Crippen LogP contribution in [0.25, 0.3) is 0 Å². The Morgan fingerprint density at radius 1 is 1.15 bits per heavy atom. The molecule has 1 heterocycles. The van der Waals surface area contributed by atoms with E-state index >= 15 is 0 Å². The van der Waals surface area contributed by atoms with Crippen molar-refractivity contribution in [2.75, 3.05) is 5.32 Å². The maximum atomic E-state index is 11.2. The van der Waals surface area contributed by atoms with Gasteiger partial charge in [0, 0.05) is 12.4 Å². The Balaban J connectivity index is 2.15. The highest BCUT2D eigenvalue weighted by atomic mass is 16.5. The van der Waals surface area contributed by atoms with Crippen LogP contribution in [-0.2, 0) is 5.54 Å². The molecule has 6 heteroatoms. The number of aromatic nitrogens is 2. The second-order valence-corrected chi connectivity index (χ2v) is 4.85. The molecule has 1 amide bonds. The number of hydrogen-bond acceptors (Lipinski definition) is 5. The van der Waals surface area contributed by atoms with Gasteiger partial charge in [-0.1, -0.05) is 30.3 Å². The minimum absolute atomic E-state index is 0.190. The average Bonchev–Trinajstić information content (AvgIpc) is 2.48. The molecule has 0 atom stereocenters. The summed E-state index contributed by atoms with van der Waals surface area (Å²) in [5, 5.41) is 11.7. The van der Waals surface area contributed by atoms with E-state index in [9.17, 15) is 4.79 Å². The summed E-state index contributed by atoms with van der Waals surface area (Å²) >= 11 is 0. The Labute approximate surface area is 116 Å². The first-order valence-corrected chi connectivity index (χ1v) is 6.13. The molecule has 0 spiro atoms. The Hall–Kier alpha value is -2.47. The lowest BCUT2D eigenvalue weighted by Crippen LogP contribution is -2.29. The monoisotopic (exact) mass is 272 g/mol. The third kappa shape index (κ3) is 3.10. The van der Waals surface area contributed by atoms with E-state index in [-0.39, 0.29) is 11.1 Å². The first-order valence-electron chi connectivity index (χ1n) is 6.13. The molecule has 0 aliphatic heterocycles. The molecule has 3 N–H and O–H groups in total. The first-order chi connectivity index (χ1) is 9.53. The van der Waals surface area contributed by atoms with Gasteiger partial charge in [0.05, 0.1) is 11.1 Å². The molecule has 1 aromatic carbocycles. The van der Waals surface area contributed by atoms with Gasteiger partial charge in [0.25, 0.3) is 5.91 Å². The van der Waals surface area contributed by atoms with E-state index in [1.54, 1.807) is 0 Å². The van der Waals surface area contributed by atoms with E-state index in [1.165, 1.54) is 17.9 Å². The van der Waals surface area contributed by atoms with Gasteiger partial charge in [0.15, 0.2) is 0 Å². The van der Waals surface area contributed by atoms with Crippen LogP contribution in [0.3, 0.4) is 0 Å². The highest BCUT2D eigenvalue weighted by Gasteiger charge is 2.21. The normalized spacial score (nSPS) is 10.9. The predicted molar refractivity (Wildman–Crippen MR) is 74.4 cm³/mol. The summed E-state index contributed by atoms with van der Waals surface area (Å²) in [6, 6.07) is 9.92. The van der Waals surface area contributed by atoms with Crippen LogP contribution in [0.4, 0.5) is 5.95 Å². The van der Waals surface area contributed by atoms with Crippen molar-refractivity contribution in [3.63, 3.8) is 0 Å². The van der Waals surface area contributed by atoms with E-state index in [2.05, 4.69) is 15.3 Å². The fourth-order valence-corrected chi connectivity index (χ4v) is 1.78. The number of carbonyl (C=O) groups is 1. The average molecular weight is 272 g/mol. The maximum Gasteiger partial charge on any atom is 0.277 e. The number of benzene rings is 1. The van der Waals surface area contributed by atoms with Gasteiger partial charge in [-0.25, -0.2) is 15.4 Å². The van der Waals surface area contributed by atoms with Gasteiger partial charge in [-0.05, 0) is 19.4 Å². The van der Waals surface area contributed by atoms with Crippen molar-refractivity contribution >= 4 is 11.9 Å². The van der Waals surface area contributed by atoms with Crippen LogP contribution in [0, 0.1) is 0 Å². The molecule has 6 nitrogen and oxygen atoms in total. The van der Waals surface area contributed by atoms with Gasteiger partial charge in [-0.15, -0.1) is 0 Å². The van der Waals surface area contributed by atoms with Crippen molar-refractivity contribution in [1.82, 2.24) is 15.4 Å². The van der Waals surface area contributed by atoms with Crippen LogP contribution >= 0.6 is 0 Å². The SMILES string of the molecule is CC(C)(Nc1ncc(C(=O)NO)cn1)c1ccccc1. The summed E-state index contributed by atoms with van der Waals surface area (Å²) in [7, 11) is 0. The maximum absolute atomic E-state index is 11.2. The quantitative estimate of drug-likeness (QED) is 0.585. The Kier molecular flexibility index (Phi) is 3.95. The van der Waals surface area contributed by atoms with Crippen molar-refractivity contribution in [3.05, 3.63) is 53.9 Å². The molecule has 104 valence electrons. The zero-order valence-corrected chi connectivity index (χ0v) is 11.3. The van der Waals surface area contributed by atoms with Gasteiger partial charge >= 0.3 is 0 Å². The number of hydroxylamine groups is 1. The molecule has 0 radical (unpaired) electrons. The number of carbonyl (C=O) groups excluding carboxylic acids is 1. The number of hydrogen-bond donors (Lipinski definition) is 3. The van der Waals surface area contributed by atoms with Crippen molar-refractivity contribution in [2.45, 2.75) is 19.4 Å². The number of nitrogens with one attached hydrogen (secondary N) is 2. The predicted octanol–water partition coefficient (Wildman–Crippen LogP) is 1.94. The van der Waals surface area contributed by atoms with E-state index in [0.717, 1.165) is 5.56 Å². The summed E-state index contributed by atoms with van der Waals surface area (Å²) in [6.45, 7) is 4.03. The van der Waals surface area contributed by atoms with Crippen LogP contribution in [0.2, 0.25) is 0 Å². The van der Waals surface area contributed by atoms with Crippen molar-refractivity contribution < 1.29 is 10.0 Å². The Bertz CT molecular complexity index is 582. The summed E-state index contributed by atoms with van der Waals surface area (Å²) in [5.41, 5.74) is 2.48. The zero-order valence-electron chi connectivity index (χ0n) is 11.3. The lowest BCUT2D eigenvalue weighted by molar-refractivity contribution is 0.0705. The van der Waals surface area contributed by atoms with E-state index in [0.29, 0.717) is 5.95 Å². The van der Waals surface area contributed by atoms with Crippen molar-refractivity contribution in [1.29, 1.82) is 0 Å². The highest BCUT2D eigenvalue weighted by Crippen LogP contribution is 2.23. The van der Waals surface area contributed by atoms with Gasteiger partial charge in [-0.2, -0.15) is 0 Å². The van der Waals surface area contributed by atoms with Crippen molar-refractivity contribution in [2.24, 2.45) is 0 Å². The molecule has 0 saturated carbocycles. The van der Waals surface area contributed by atoms with E-state index in [1.807, 2.05) is 44.2 Å². The molecular formula is C14H16N4O2. The summed E-state index contributed by atoms with van der Waals surface area (Å²) in [4.78, 5) is 19.3. The minimum atomic E-state index is -0.640. The molecule has 0 aliphatic rings. The molecule has 2 rings (SSSR count). The van der Waals surface area contributed by atoms with Gasteiger partial charge in [0.2, 0.25) is 5.95 Å². The number of amides is 1. The highest BCUT2D eigenvalue weighted by molar-refractivity contribution is 5.92. The molecule has 1 aromatic heterocycles. The molecular weight excluding hydrogens is 256 g/mol. The number of anilines is 1. The second-order valence-electron chi connectivity index (χ2n) is 4.85. The number of nitrogens with zero attached hydrogens (tertiary/aromatic N) is 2. The standard InChI is InChI=1S/C14H16N4O2/c1-14(2,11-6-4-3-5-7-11)17-13-15-8-10(9-16-13)12(19)18-20/h3-9,20H,1-2H3,(H,18,19)(H,15,16,17). The Morgan fingerprint density at radius 2 is 1.75 bits per heavy atom. The fourth-order valence-electron chi connectivity index (χ4n) is 1.78. The van der Waals surface area contributed by atoms with Gasteiger partial charge < -0.3 is 5.32 Å². The summed E-state index contributed by atoms with van der Waals surface area (Å²) in [6.07, 6.45) is 2.70.